The molecule has 1 aromatic heterocycles. The summed E-state index contributed by atoms with van der Waals surface area (Å²) in [5, 5.41) is 5.30. The van der Waals surface area contributed by atoms with Crippen LogP contribution >= 0.6 is 23.2 Å². The number of nitrogens with one attached hydrogen (secondary N) is 2. The maximum atomic E-state index is 11.7. The van der Waals surface area contributed by atoms with Gasteiger partial charge in [0.1, 0.15) is 0 Å². The summed E-state index contributed by atoms with van der Waals surface area (Å²) in [5.41, 5.74) is 3.11. The quantitative estimate of drug-likeness (QED) is 0.650. The van der Waals surface area contributed by atoms with Crippen LogP contribution in [0.25, 0.3) is 10.9 Å². The van der Waals surface area contributed by atoms with Crippen LogP contribution in [0.15, 0.2) is 48.7 Å². The summed E-state index contributed by atoms with van der Waals surface area (Å²) in [7, 11) is 0. The van der Waals surface area contributed by atoms with E-state index in [1.807, 2.05) is 43.5 Å². The number of amides is 1. The molecule has 1 atom stereocenters. The van der Waals surface area contributed by atoms with Gasteiger partial charge in [0.25, 0.3) is 0 Å². The number of hydrogen-bond acceptors (Lipinski definition) is 1. The van der Waals surface area contributed by atoms with Gasteiger partial charge in [0.15, 0.2) is 0 Å². The Morgan fingerprint density at radius 1 is 1.17 bits per heavy atom. The van der Waals surface area contributed by atoms with E-state index >= 15 is 0 Å². The highest BCUT2D eigenvalue weighted by molar-refractivity contribution is 6.35. The van der Waals surface area contributed by atoms with Crippen LogP contribution in [0.5, 0.6) is 0 Å². The van der Waals surface area contributed by atoms with E-state index in [4.69, 9.17) is 23.2 Å². The van der Waals surface area contributed by atoms with Gasteiger partial charge in [-0.15, -0.1) is 0 Å². The molecule has 0 bridgehead atoms. The van der Waals surface area contributed by atoms with E-state index in [0.29, 0.717) is 23.0 Å². The fraction of sp³-hybridized carbons (Fsp3) is 0.211. The molecule has 3 aromatic rings. The van der Waals surface area contributed by atoms with Crippen LogP contribution in [0.1, 0.15) is 30.4 Å². The molecule has 2 N–H and O–H groups in total. The number of H-pyrrole nitrogens is 1. The maximum Gasteiger partial charge on any atom is 0.219 e. The third kappa shape index (κ3) is 3.42. The van der Waals surface area contributed by atoms with E-state index in [1.54, 1.807) is 6.07 Å². The zero-order valence-electron chi connectivity index (χ0n) is 13.3. The van der Waals surface area contributed by atoms with Crippen molar-refractivity contribution in [1.82, 2.24) is 10.3 Å². The first-order valence-corrected chi connectivity index (χ1v) is 8.63. The molecule has 0 fully saturated rings. The van der Waals surface area contributed by atoms with Gasteiger partial charge >= 0.3 is 0 Å². The fourth-order valence-corrected chi connectivity index (χ4v) is 3.43. The van der Waals surface area contributed by atoms with Crippen molar-refractivity contribution in [2.24, 2.45) is 0 Å². The summed E-state index contributed by atoms with van der Waals surface area (Å²) >= 11 is 12.5. The van der Waals surface area contributed by atoms with Crippen molar-refractivity contribution in [2.45, 2.75) is 19.3 Å². The number of rotatable bonds is 5. The molecular weight excluding hydrogens is 343 g/mol. The van der Waals surface area contributed by atoms with Crippen LogP contribution in [0.4, 0.5) is 0 Å². The van der Waals surface area contributed by atoms with Gasteiger partial charge in [-0.25, -0.2) is 0 Å². The van der Waals surface area contributed by atoms with E-state index in [9.17, 15) is 4.79 Å². The first-order chi connectivity index (χ1) is 11.6. The van der Waals surface area contributed by atoms with Gasteiger partial charge in [0, 0.05) is 46.0 Å². The largest absolute Gasteiger partial charge is 0.361 e. The molecule has 0 aliphatic carbocycles. The predicted octanol–water partition coefficient (Wildman–Crippen LogP) is 5.13. The highest BCUT2D eigenvalue weighted by atomic mass is 35.5. The van der Waals surface area contributed by atoms with Gasteiger partial charge in [0.2, 0.25) is 5.91 Å². The summed E-state index contributed by atoms with van der Waals surface area (Å²) < 4.78 is 0. The molecule has 124 valence electrons. The summed E-state index contributed by atoms with van der Waals surface area (Å²) in [6.45, 7) is 2.32. The van der Waals surface area contributed by atoms with Crippen LogP contribution in [0.3, 0.4) is 0 Å². The lowest BCUT2D eigenvalue weighted by Gasteiger charge is -2.19. The molecule has 5 heteroatoms. The van der Waals surface area contributed by atoms with E-state index in [1.165, 1.54) is 0 Å². The monoisotopic (exact) mass is 360 g/mol. The average molecular weight is 361 g/mol. The molecule has 3 rings (SSSR count). The number of halogens is 2. The number of benzene rings is 2. The second kappa shape index (κ2) is 7.29. The lowest BCUT2D eigenvalue weighted by atomic mass is 9.90. The Bertz CT molecular complexity index is 873. The van der Waals surface area contributed by atoms with E-state index < -0.39 is 0 Å². The topological polar surface area (TPSA) is 44.9 Å². The molecule has 2 aromatic carbocycles. The summed E-state index contributed by atoms with van der Waals surface area (Å²) in [6.07, 6.45) is 2.44. The third-order valence-electron chi connectivity index (χ3n) is 4.16. The second-order valence-corrected chi connectivity index (χ2v) is 6.51. The zero-order valence-corrected chi connectivity index (χ0v) is 14.8. The number of fused-ring (bicyclic) bond motifs is 1. The number of aromatic nitrogens is 1. The molecular formula is C19H18Cl2N2O. The first kappa shape index (κ1) is 16.9. The molecule has 0 radical (unpaired) electrons. The molecule has 0 saturated carbocycles. The highest BCUT2D eigenvalue weighted by Gasteiger charge is 2.21. The molecule has 1 unspecified atom stereocenters. The lowest BCUT2D eigenvalue weighted by Crippen LogP contribution is -2.28. The van der Waals surface area contributed by atoms with Gasteiger partial charge < -0.3 is 10.3 Å². The van der Waals surface area contributed by atoms with Gasteiger partial charge in [-0.1, -0.05) is 54.4 Å². The van der Waals surface area contributed by atoms with Gasteiger partial charge in [-0.05, 0) is 29.3 Å². The number of aromatic amines is 1. The Morgan fingerprint density at radius 3 is 2.71 bits per heavy atom. The number of hydrogen-bond donors (Lipinski definition) is 2. The Balaban J connectivity index is 2.06. The minimum atomic E-state index is -0.0542. The maximum absolute atomic E-state index is 11.7. The first-order valence-electron chi connectivity index (χ1n) is 7.87. The molecule has 1 heterocycles. The Morgan fingerprint density at radius 2 is 1.96 bits per heavy atom. The molecule has 1 amide bonds. The summed E-state index contributed by atoms with van der Waals surface area (Å²) in [6, 6.07) is 13.6. The number of carbonyl (C=O) groups excluding carboxylic acids is 1. The molecule has 24 heavy (non-hydrogen) atoms. The fourth-order valence-electron chi connectivity index (χ4n) is 2.89. The van der Waals surface area contributed by atoms with Crippen LogP contribution in [-0.4, -0.2) is 17.4 Å². The van der Waals surface area contributed by atoms with Crippen molar-refractivity contribution in [1.29, 1.82) is 0 Å². The second-order valence-electron chi connectivity index (χ2n) is 5.67. The van der Waals surface area contributed by atoms with Crippen LogP contribution < -0.4 is 5.32 Å². The lowest BCUT2D eigenvalue weighted by molar-refractivity contribution is -0.120. The van der Waals surface area contributed by atoms with Gasteiger partial charge in [0.05, 0.1) is 0 Å². The normalized spacial score (nSPS) is 12.3. The van der Waals surface area contributed by atoms with Gasteiger partial charge in [-0.2, -0.15) is 0 Å². The molecule has 0 saturated heterocycles. The Labute approximate surface area is 151 Å². The van der Waals surface area contributed by atoms with Gasteiger partial charge in [-0.3, -0.25) is 4.79 Å². The van der Waals surface area contributed by atoms with Crippen LogP contribution in [0.2, 0.25) is 10.0 Å². The minimum absolute atomic E-state index is 0.0185. The Kier molecular flexibility index (Phi) is 5.12. The molecule has 0 aliphatic rings. The number of carbonyl (C=O) groups is 1. The van der Waals surface area contributed by atoms with E-state index in [2.05, 4.69) is 16.4 Å². The van der Waals surface area contributed by atoms with Crippen LogP contribution in [-0.2, 0) is 4.79 Å². The Hall–Kier alpha value is -1.97. The van der Waals surface area contributed by atoms with Crippen molar-refractivity contribution >= 4 is 40.0 Å². The molecule has 0 aliphatic heterocycles. The average Bonchev–Trinajstić information content (AvgIpc) is 3.00. The standard InChI is InChI=1S/C19H18Cl2N2O/c1-2-19(24)23-11-15(13-8-7-12(20)9-17(13)21)16-10-22-18-6-4-3-5-14(16)18/h3-10,15,22H,2,11H2,1H3,(H,23,24). The smallest absolute Gasteiger partial charge is 0.219 e. The summed E-state index contributed by atoms with van der Waals surface area (Å²) in [5.74, 6) is -0.0358. The van der Waals surface area contributed by atoms with Crippen molar-refractivity contribution in [3.05, 3.63) is 69.8 Å². The highest BCUT2D eigenvalue weighted by Crippen LogP contribution is 2.35. The van der Waals surface area contributed by atoms with Crippen molar-refractivity contribution in [3.8, 4) is 0 Å². The minimum Gasteiger partial charge on any atom is -0.361 e. The van der Waals surface area contributed by atoms with Crippen molar-refractivity contribution < 1.29 is 4.79 Å². The zero-order chi connectivity index (χ0) is 17.1. The molecule has 0 spiro atoms. The SMILES string of the molecule is CCC(=O)NCC(c1ccc(Cl)cc1Cl)c1c[nH]c2ccccc12. The van der Waals surface area contributed by atoms with Crippen LogP contribution in [0, 0.1) is 0 Å². The third-order valence-corrected chi connectivity index (χ3v) is 4.72. The van der Waals surface area contributed by atoms with E-state index in [0.717, 1.165) is 22.0 Å². The van der Waals surface area contributed by atoms with Crippen molar-refractivity contribution in [2.75, 3.05) is 6.54 Å². The van der Waals surface area contributed by atoms with Crippen molar-refractivity contribution in [3.63, 3.8) is 0 Å². The number of para-hydroxylation sites is 1. The molecule has 3 nitrogen and oxygen atoms in total. The predicted molar refractivity (Wildman–Crippen MR) is 99.9 cm³/mol. The van der Waals surface area contributed by atoms with E-state index in [-0.39, 0.29) is 11.8 Å². The summed E-state index contributed by atoms with van der Waals surface area (Å²) in [4.78, 5) is 15.0.